The minimum Gasteiger partial charge on any atom is -0.338 e. The second-order valence-corrected chi connectivity index (χ2v) is 4.64. The summed E-state index contributed by atoms with van der Waals surface area (Å²) in [4.78, 5) is 17.4. The van der Waals surface area contributed by atoms with Crippen molar-refractivity contribution in [1.82, 2.24) is 9.88 Å². The van der Waals surface area contributed by atoms with Crippen molar-refractivity contribution in [3.8, 4) is 0 Å². The Morgan fingerprint density at radius 3 is 2.70 bits per heavy atom. The summed E-state index contributed by atoms with van der Waals surface area (Å²) in [5, 5.41) is 0. The van der Waals surface area contributed by atoms with E-state index in [2.05, 4.69) is 4.98 Å². The summed E-state index contributed by atoms with van der Waals surface area (Å²) in [5.41, 5.74) is 1.60. The molecule has 4 heteroatoms. The van der Waals surface area contributed by atoms with Gasteiger partial charge in [0, 0.05) is 32.4 Å². The van der Waals surface area contributed by atoms with Crippen molar-refractivity contribution in [3.63, 3.8) is 0 Å². The molecule has 104 valence electrons. The molecule has 1 amide bonds. The summed E-state index contributed by atoms with van der Waals surface area (Å²) in [6, 6.07) is 10.4. The highest BCUT2D eigenvalue weighted by molar-refractivity contribution is 5.73. The zero-order valence-corrected chi connectivity index (χ0v) is 11.4. The van der Waals surface area contributed by atoms with Crippen LogP contribution in [-0.4, -0.2) is 22.3 Å². The lowest BCUT2D eigenvalue weighted by atomic mass is 10.1. The molecule has 0 bridgehead atoms. The highest BCUT2D eigenvalue weighted by atomic mass is 19.1. The summed E-state index contributed by atoms with van der Waals surface area (Å²) in [6.45, 7) is 2.51. The molecule has 0 fully saturated rings. The molecule has 0 saturated carbocycles. The Kier molecular flexibility index (Phi) is 4.82. The SMILES string of the molecule is CC(=O)N(CCc1ccccc1F)Cc1cccnc1. The van der Waals surface area contributed by atoms with E-state index in [1.807, 2.05) is 12.1 Å². The molecule has 2 aromatic rings. The highest BCUT2D eigenvalue weighted by Gasteiger charge is 2.11. The van der Waals surface area contributed by atoms with Crippen LogP contribution in [0.1, 0.15) is 18.1 Å². The fourth-order valence-corrected chi connectivity index (χ4v) is 2.02. The Bertz CT molecular complexity index is 572. The largest absolute Gasteiger partial charge is 0.338 e. The van der Waals surface area contributed by atoms with E-state index in [4.69, 9.17) is 0 Å². The van der Waals surface area contributed by atoms with Crippen molar-refractivity contribution in [2.24, 2.45) is 0 Å². The van der Waals surface area contributed by atoms with Crippen molar-refractivity contribution in [1.29, 1.82) is 0 Å². The summed E-state index contributed by atoms with van der Waals surface area (Å²) >= 11 is 0. The van der Waals surface area contributed by atoms with E-state index in [-0.39, 0.29) is 11.7 Å². The topological polar surface area (TPSA) is 33.2 Å². The number of carbonyl (C=O) groups is 1. The van der Waals surface area contributed by atoms with Gasteiger partial charge in [0.15, 0.2) is 0 Å². The average molecular weight is 272 g/mol. The van der Waals surface area contributed by atoms with E-state index in [0.717, 1.165) is 5.56 Å². The van der Waals surface area contributed by atoms with Gasteiger partial charge in [-0.25, -0.2) is 4.39 Å². The van der Waals surface area contributed by atoms with Gasteiger partial charge in [0.05, 0.1) is 0 Å². The molecule has 0 spiro atoms. The number of nitrogens with zero attached hydrogens (tertiary/aromatic N) is 2. The molecule has 20 heavy (non-hydrogen) atoms. The molecular formula is C16H17FN2O. The van der Waals surface area contributed by atoms with Crippen molar-refractivity contribution in [3.05, 3.63) is 65.7 Å². The maximum atomic E-state index is 13.6. The molecule has 2 rings (SSSR count). The lowest BCUT2D eigenvalue weighted by Gasteiger charge is -2.21. The number of benzene rings is 1. The first kappa shape index (κ1) is 14.2. The number of hydrogen-bond acceptors (Lipinski definition) is 2. The molecule has 0 atom stereocenters. The molecule has 0 N–H and O–H groups in total. The van der Waals surface area contributed by atoms with Gasteiger partial charge in [-0.15, -0.1) is 0 Å². The van der Waals surface area contributed by atoms with Gasteiger partial charge in [-0.2, -0.15) is 0 Å². The molecule has 3 nitrogen and oxygen atoms in total. The summed E-state index contributed by atoms with van der Waals surface area (Å²) in [5.74, 6) is -0.248. The molecule has 0 aliphatic heterocycles. The fraction of sp³-hybridized carbons (Fsp3) is 0.250. The van der Waals surface area contributed by atoms with Gasteiger partial charge < -0.3 is 4.90 Å². The van der Waals surface area contributed by atoms with Crippen LogP contribution in [0.2, 0.25) is 0 Å². The van der Waals surface area contributed by atoms with Crippen LogP contribution in [0.25, 0.3) is 0 Å². The van der Waals surface area contributed by atoms with Crippen LogP contribution in [0.15, 0.2) is 48.8 Å². The third-order valence-electron chi connectivity index (χ3n) is 3.15. The van der Waals surface area contributed by atoms with Gasteiger partial charge in [-0.3, -0.25) is 9.78 Å². The predicted molar refractivity (Wildman–Crippen MR) is 75.4 cm³/mol. The monoisotopic (exact) mass is 272 g/mol. The number of rotatable bonds is 5. The molecule has 0 saturated heterocycles. The summed E-state index contributed by atoms with van der Waals surface area (Å²) in [6.07, 6.45) is 3.94. The molecule has 1 aromatic carbocycles. The van der Waals surface area contributed by atoms with Crippen LogP contribution in [0.3, 0.4) is 0 Å². The first-order valence-electron chi connectivity index (χ1n) is 6.54. The number of halogens is 1. The molecule has 1 aromatic heterocycles. The van der Waals surface area contributed by atoms with Crippen molar-refractivity contribution in [2.45, 2.75) is 19.9 Å². The maximum Gasteiger partial charge on any atom is 0.219 e. The summed E-state index contributed by atoms with van der Waals surface area (Å²) in [7, 11) is 0. The second-order valence-electron chi connectivity index (χ2n) is 4.64. The van der Waals surface area contributed by atoms with Crippen molar-refractivity contribution >= 4 is 5.91 Å². The van der Waals surface area contributed by atoms with E-state index in [9.17, 15) is 9.18 Å². The zero-order chi connectivity index (χ0) is 14.4. The van der Waals surface area contributed by atoms with Crippen LogP contribution in [0.4, 0.5) is 4.39 Å². The van der Waals surface area contributed by atoms with Gasteiger partial charge in [0.25, 0.3) is 0 Å². The van der Waals surface area contributed by atoms with E-state index >= 15 is 0 Å². The van der Waals surface area contributed by atoms with E-state index in [1.54, 1.807) is 35.5 Å². The van der Waals surface area contributed by atoms with Gasteiger partial charge in [0.2, 0.25) is 5.91 Å². The fourth-order valence-electron chi connectivity index (χ4n) is 2.02. The van der Waals surface area contributed by atoms with Crippen LogP contribution in [0, 0.1) is 5.82 Å². The first-order valence-corrected chi connectivity index (χ1v) is 6.54. The average Bonchev–Trinajstić information content (AvgIpc) is 2.46. The van der Waals surface area contributed by atoms with E-state index in [0.29, 0.717) is 25.1 Å². The van der Waals surface area contributed by atoms with E-state index < -0.39 is 0 Å². The third kappa shape index (κ3) is 3.88. The molecule has 0 aliphatic carbocycles. The smallest absolute Gasteiger partial charge is 0.219 e. The molecule has 1 heterocycles. The Labute approximate surface area is 118 Å². The van der Waals surface area contributed by atoms with Gasteiger partial charge >= 0.3 is 0 Å². The van der Waals surface area contributed by atoms with Crippen LogP contribution in [-0.2, 0) is 17.8 Å². The number of aromatic nitrogens is 1. The van der Waals surface area contributed by atoms with E-state index in [1.165, 1.54) is 13.0 Å². The van der Waals surface area contributed by atoms with Gasteiger partial charge in [-0.1, -0.05) is 24.3 Å². The Morgan fingerprint density at radius 1 is 1.25 bits per heavy atom. The molecule has 0 radical (unpaired) electrons. The highest BCUT2D eigenvalue weighted by Crippen LogP contribution is 2.10. The Morgan fingerprint density at radius 2 is 2.05 bits per heavy atom. The summed E-state index contributed by atoms with van der Waals surface area (Å²) < 4.78 is 13.6. The quantitative estimate of drug-likeness (QED) is 0.838. The van der Waals surface area contributed by atoms with Crippen molar-refractivity contribution < 1.29 is 9.18 Å². The van der Waals surface area contributed by atoms with Crippen LogP contribution in [0.5, 0.6) is 0 Å². The standard InChI is InChI=1S/C16H17FN2O/c1-13(20)19(12-14-5-4-9-18-11-14)10-8-15-6-2-3-7-16(15)17/h2-7,9,11H,8,10,12H2,1H3. The number of hydrogen-bond donors (Lipinski definition) is 0. The maximum absolute atomic E-state index is 13.6. The van der Waals surface area contributed by atoms with Crippen LogP contribution >= 0.6 is 0 Å². The predicted octanol–water partition coefficient (Wildman–Crippen LogP) is 2.81. The number of amides is 1. The van der Waals surface area contributed by atoms with Crippen LogP contribution < -0.4 is 0 Å². The normalized spacial score (nSPS) is 10.3. The number of pyridine rings is 1. The zero-order valence-electron chi connectivity index (χ0n) is 11.4. The first-order chi connectivity index (χ1) is 9.66. The van der Waals surface area contributed by atoms with Gasteiger partial charge in [0.1, 0.15) is 5.82 Å². The number of carbonyl (C=O) groups excluding carboxylic acids is 1. The Balaban J connectivity index is 2.00. The lowest BCUT2D eigenvalue weighted by molar-refractivity contribution is -0.129. The minimum atomic E-state index is -0.225. The molecular weight excluding hydrogens is 255 g/mol. The molecule has 0 aliphatic rings. The minimum absolute atomic E-state index is 0.0230. The lowest BCUT2D eigenvalue weighted by Crippen LogP contribution is -2.30. The van der Waals surface area contributed by atoms with Gasteiger partial charge in [-0.05, 0) is 29.7 Å². The van der Waals surface area contributed by atoms with Crippen molar-refractivity contribution in [2.75, 3.05) is 6.54 Å². The molecule has 0 unspecified atom stereocenters. The Hall–Kier alpha value is -2.23. The third-order valence-corrected chi connectivity index (χ3v) is 3.15. The second kappa shape index (κ2) is 6.80.